The number of aliphatic hydroxyl groups is 1. The highest BCUT2D eigenvalue weighted by Gasteiger charge is 2.30. The number of rotatable bonds is 9. The van der Waals surface area contributed by atoms with Gasteiger partial charge in [0.25, 0.3) is 0 Å². The zero-order chi connectivity index (χ0) is 22.3. The molecular weight excluding hydrogens is 392 g/mol. The van der Waals surface area contributed by atoms with Gasteiger partial charge in [0.15, 0.2) is 0 Å². The second-order valence-corrected chi connectivity index (χ2v) is 6.30. The van der Waals surface area contributed by atoms with Gasteiger partial charge < -0.3 is 20.3 Å². The van der Waals surface area contributed by atoms with Crippen LogP contribution in [0.15, 0.2) is 24.3 Å². The van der Waals surface area contributed by atoms with Gasteiger partial charge in [-0.3, -0.25) is 9.63 Å². The number of amides is 1. The molecule has 0 saturated heterocycles. The number of hydroxylamine groups is 2. The summed E-state index contributed by atoms with van der Waals surface area (Å²) in [6, 6.07) is 6.57. The Labute approximate surface area is 174 Å². The lowest BCUT2D eigenvalue weighted by molar-refractivity contribution is -0.180. The molecule has 0 aliphatic heterocycles. The molecule has 0 spiro atoms. The molecule has 2 aliphatic rings. The lowest BCUT2D eigenvalue weighted by atomic mass is 10.1. The van der Waals surface area contributed by atoms with Gasteiger partial charge in [-0.15, -0.1) is 0 Å². The number of fused-ring (bicyclic) bond motifs is 1. The Balaban J connectivity index is 2.49. The maximum Gasteiger partial charge on any atom is 0.340 e. The fourth-order valence-electron chi connectivity index (χ4n) is 2.97. The summed E-state index contributed by atoms with van der Waals surface area (Å²) in [7, 11) is 1.45. The number of carbonyl (C=O) groups excluding carboxylic acids is 3. The number of likely N-dealkylation sites (N-methyl/N-ethyl adjacent to an activating group) is 1. The molecule has 0 radical (unpaired) electrons. The smallest absolute Gasteiger partial charge is 0.340 e. The highest BCUT2D eigenvalue weighted by Crippen LogP contribution is 2.39. The zero-order valence-corrected chi connectivity index (χ0v) is 17.3. The quantitative estimate of drug-likeness (QED) is 0.465. The van der Waals surface area contributed by atoms with Crippen molar-refractivity contribution in [3.63, 3.8) is 0 Å². The minimum atomic E-state index is -0.642. The first-order valence-corrected chi connectivity index (χ1v) is 9.54. The van der Waals surface area contributed by atoms with Crippen molar-refractivity contribution in [2.75, 3.05) is 39.2 Å². The molecule has 2 aliphatic carbocycles. The van der Waals surface area contributed by atoms with Gasteiger partial charge in [-0.2, -0.15) is 0 Å². The van der Waals surface area contributed by atoms with Gasteiger partial charge in [0.05, 0.1) is 49.7 Å². The van der Waals surface area contributed by atoms with Crippen LogP contribution >= 0.6 is 0 Å². The van der Waals surface area contributed by atoms with E-state index in [9.17, 15) is 14.4 Å². The van der Waals surface area contributed by atoms with E-state index in [2.05, 4.69) is 0 Å². The van der Waals surface area contributed by atoms with Crippen LogP contribution in [-0.2, 0) is 25.5 Å². The molecule has 30 heavy (non-hydrogen) atoms. The Morgan fingerprint density at radius 2 is 1.47 bits per heavy atom. The van der Waals surface area contributed by atoms with Gasteiger partial charge in [-0.1, -0.05) is 24.3 Å². The predicted octanol–water partition coefficient (Wildman–Crippen LogP) is 1.65. The number of hydrogen-bond acceptors (Lipinski definition) is 8. The molecule has 3 N–H and O–H groups in total. The van der Waals surface area contributed by atoms with E-state index in [-0.39, 0.29) is 55.6 Å². The van der Waals surface area contributed by atoms with Gasteiger partial charge in [0.2, 0.25) is 5.91 Å². The fraction of sp³-hybridized carbons (Fsp3) is 0.381. The van der Waals surface area contributed by atoms with E-state index in [1.54, 1.807) is 38.1 Å². The average Bonchev–Trinajstić information content (AvgIpc) is 2.84. The summed E-state index contributed by atoms with van der Waals surface area (Å²) in [4.78, 5) is 42.3. The number of hydrogen-bond donors (Lipinski definition) is 2. The molecular formula is C21H26N2O7. The lowest BCUT2D eigenvalue weighted by Gasteiger charge is -2.15. The van der Waals surface area contributed by atoms with E-state index in [1.807, 2.05) is 0 Å². The molecule has 162 valence electrons. The fourth-order valence-corrected chi connectivity index (χ4v) is 2.97. The second-order valence-electron chi connectivity index (χ2n) is 6.30. The summed E-state index contributed by atoms with van der Waals surface area (Å²) >= 11 is 0. The number of carbonyl (C=O) groups is 3. The molecule has 0 bridgehead atoms. The number of ether oxygens (including phenoxy) is 2. The van der Waals surface area contributed by atoms with Gasteiger partial charge in [0, 0.05) is 7.05 Å². The van der Waals surface area contributed by atoms with Crippen molar-refractivity contribution in [2.24, 2.45) is 0 Å². The minimum Gasteiger partial charge on any atom is -0.462 e. The SMILES string of the molecule is CCOC(=O)c1c2ccc(CC(=O)N(C)OCCO)ccc-2c(C(=O)OCC)c1N. The van der Waals surface area contributed by atoms with Crippen LogP contribution in [-0.4, -0.2) is 61.5 Å². The molecule has 0 heterocycles. The van der Waals surface area contributed by atoms with Crippen LogP contribution in [0.1, 0.15) is 40.1 Å². The third kappa shape index (κ3) is 5.05. The van der Waals surface area contributed by atoms with Crippen LogP contribution in [0.3, 0.4) is 0 Å². The van der Waals surface area contributed by atoms with Crippen LogP contribution in [0.5, 0.6) is 0 Å². The van der Waals surface area contributed by atoms with Crippen molar-refractivity contribution in [1.29, 1.82) is 0 Å². The highest BCUT2D eigenvalue weighted by molar-refractivity contribution is 6.15. The van der Waals surface area contributed by atoms with Crippen LogP contribution in [0.4, 0.5) is 5.69 Å². The number of esters is 2. The topological polar surface area (TPSA) is 128 Å². The maximum absolute atomic E-state index is 12.5. The van der Waals surface area contributed by atoms with Crippen LogP contribution < -0.4 is 5.73 Å². The summed E-state index contributed by atoms with van der Waals surface area (Å²) < 4.78 is 10.2. The van der Waals surface area contributed by atoms with Crippen LogP contribution in [0, 0.1) is 0 Å². The van der Waals surface area contributed by atoms with E-state index in [0.717, 1.165) is 5.06 Å². The first-order valence-electron chi connectivity index (χ1n) is 9.54. The van der Waals surface area contributed by atoms with E-state index >= 15 is 0 Å². The first-order chi connectivity index (χ1) is 14.3. The van der Waals surface area contributed by atoms with Gasteiger partial charge in [-0.05, 0) is 30.5 Å². The van der Waals surface area contributed by atoms with Crippen molar-refractivity contribution >= 4 is 23.5 Å². The monoisotopic (exact) mass is 418 g/mol. The van der Waals surface area contributed by atoms with Gasteiger partial charge in [-0.25, -0.2) is 14.7 Å². The van der Waals surface area contributed by atoms with E-state index in [1.165, 1.54) is 7.05 Å². The molecule has 0 saturated carbocycles. The number of nitrogens with zero attached hydrogens (tertiary/aromatic N) is 1. The molecule has 0 unspecified atom stereocenters. The molecule has 9 heteroatoms. The van der Waals surface area contributed by atoms with Gasteiger partial charge >= 0.3 is 11.9 Å². The largest absolute Gasteiger partial charge is 0.462 e. The number of aliphatic hydroxyl groups excluding tert-OH is 1. The van der Waals surface area contributed by atoms with Crippen molar-refractivity contribution < 1.29 is 33.8 Å². The summed E-state index contributed by atoms with van der Waals surface area (Å²) in [5.41, 5.74) is 7.79. The Kier molecular flexibility index (Phi) is 8.14. The molecule has 2 rings (SSSR count). The van der Waals surface area contributed by atoms with Crippen molar-refractivity contribution in [2.45, 2.75) is 20.3 Å². The summed E-state index contributed by atoms with van der Waals surface area (Å²) in [5.74, 6) is -1.61. The molecule has 0 aromatic rings. The summed E-state index contributed by atoms with van der Waals surface area (Å²) in [6.45, 7) is 3.44. The normalized spacial score (nSPS) is 10.7. The van der Waals surface area contributed by atoms with Crippen LogP contribution in [0.2, 0.25) is 0 Å². The van der Waals surface area contributed by atoms with E-state index in [0.29, 0.717) is 16.7 Å². The van der Waals surface area contributed by atoms with E-state index in [4.69, 9.17) is 25.2 Å². The average molecular weight is 418 g/mol. The van der Waals surface area contributed by atoms with E-state index < -0.39 is 11.9 Å². The predicted molar refractivity (Wildman–Crippen MR) is 109 cm³/mol. The third-order valence-electron chi connectivity index (χ3n) is 4.34. The number of nitrogens with two attached hydrogens (primary N) is 1. The Morgan fingerprint density at radius 1 is 0.967 bits per heavy atom. The maximum atomic E-state index is 12.5. The molecule has 1 amide bonds. The minimum absolute atomic E-state index is 0.00265. The standard InChI is InChI=1S/C21H26N2O7/c1-4-28-20(26)17-14-8-6-13(12-16(25)23(3)30-11-10-24)7-9-15(14)18(19(17)22)21(27)29-5-2/h6-9,24H,4-5,10-12,22H2,1-3H3. The third-order valence-corrected chi connectivity index (χ3v) is 4.34. The molecule has 0 atom stereocenters. The molecule has 0 fully saturated rings. The first kappa shape index (κ1) is 23.1. The summed E-state index contributed by atoms with van der Waals surface area (Å²) in [5, 5.41) is 9.85. The lowest BCUT2D eigenvalue weighted by Crippen LogP contribution is -2.29. The highest BCUT2D eigenvalue weighted by atomic mass is 16.7. The number of nitrogen functional groups attached to an aromatic ring is 1. The summed E-state index contributed by atoms with van der Waals surface area (Å²) in [6.07, 6.45) is 0.0121. The zero-order valence-electron chi connectivity index (χ0n) is 17.3. The van der Waals surface area contributed by atoms with Crippen LogP contribution in [0.25, 0.3) is 11.1 Å². The Morgan fingerprint density at radius 3 is 1.90 bits per heavy atom. The molecule has 9 nitrogen and oxygen atoms in total. The Bertz CT molecular complexity index is 842. The Hall–Kier alpha value is -3.17. The molecule has 0 aromatic heterocycles. The van der Waals surface area contributed by atoms with Crippen molar-refractivity contribution in [1.82, 2.24) is 5.06 Å². The number of anilines is 1. The van der Waals surface area contributed by atoms with Gasteiger partial charge in [0.1, 0.15) is 0 Å². The second kappa shape index (κ2) is 10.6. The van der Waals surface area contributed by atoms with Crippen molar-refractivity contribution in [3.05, 3.63) is 41.0 Å². The van der Waals surface area contributed by atoms with Crippen molar-refractivity contribution in [3.8, 4) is 11.1 Å². The molecule has 0 aromatic carbocycles.